The van der Waals surface area contributed by atoms with Crippen molar-refractivity contribution in [1.82, 2.24) is 14.7 Å². The van der Waals surface area contributed by atoms with Crippen LogP contribution in [0.25, 0.3) is 0 Å². The van der Waals surface area contributed by atoms with Crippen molar-refractivity contribution in [3.05, 3.63) is 35.6 Å². The second kappa shape index (κ2) is 8.16. The van der Waals surface area contributed by atoms with E-state index in [2.05, 4.69) is 4.90 Å². The Balaban J connectivity index is 1.48. The number of likely N-dealkylation sites (N-methyl/N-ethyl adjacent to an activating group) is 1. The van der Waals surface area contributed by atoms with Crippen LogP contribution in [-0.4, -0.2) is 72.3 Å². The van der Waals surface area contributed by atoms with Gasteiger partial charge in [-0.2, -0.15) is 0 Å². The maximum absolute atomic E-state index is 13.9. The van der Waals surface area contributed by atoms with Gasteiger partial charge < -0.3 is 9.80 Å². The van der Waals surface area contributed by atoms with Crippen LogP contribution in [0.5, 0.6) is 0 Å². The van der Waals surface area contributed by atoms with Gasteiger partial charge in [-0.25, -0.2) is 4.39 Å². The summed E-state index contributed by atoms with van der Waals surface area (Å²) in [5, 5.41) is 0. The van der Waals surface area contributed by atoms with Gasteiger partial charge in [0.25, 0.3) is 0 Å². The average molecular weight is 361 g/mol. The molecule has 1 heterocycles. The quantitative estimate of drug-likeness (QED) is 0.778. The SMILES string of the molecule is CCN(CC)C(=O)CN1CCN(C(=O)C2CC2c2ccccc2F)CC1. The largest absolute Gasteiger partial charge is 0.342 e. The second-order valence-corrected chi connectivity index (χ2v) is 7.14. The molecule has 0 aromatic heterocycles. The van der Waals surface area contributed by atoms with Crippen molar-refractivity contribution in [3.8, 4) is 0 Å². The minimum Gasteiger partial charge on any atom is -0.342 e. The number of rotatable bonds is 6. The van der Waals surface area contributed by atoms with Gasteiger partial charge in [-0.15, -0.1) is 0 Å². The molecule has 1 saturated carbocycles. The number of carbonyl (C=O) groups excluding carboxylic acids is 2. The fraction of sp³-hybridized carbons (Fsp3) is 0.600. The van der Waals surface area contributed by atoms with Crippen molar-refractivity contribution in [2.24, 2.45) is 5.92 Å². The maximum atomic E-state index is 13.9. The summed E-state index contributed by atoms with van der Waals surface area (Å²) in [7, 11) is 0. The Morgan fingerprint density at radius 2 is 1.77 bits per heavy atom. The molecule has 1 aliphatic carbocycles. The van der Waals surface area contributed by atoms with Crippen molar-refractivity contribution in [2.45, 2.75) is 26.2 Å². The Kier molecular flexibility index (Phi) is 5.91. The third-order valence-corrected chi connectivity index (χ3v) is 5.57. The maximum Gasteiger partial charge on any atom is 0.236 e. The van der Waals surface area contributed by atoms with Crippen molar-refractivity contribution >= 4 is 11.8 Å². The highest BCUT2D eigenvalue weighted by atomic mass is 19.1. The lowest BCUT2D eigenvalue weighted by Gasteiger charge is -2.35. The fourth-order valence-corrected chi connectivity index (χ4v) is 3.82. The molecular formula is C20H28FN3O2. The first-order chi connectivity index (χ1) is 12.5. The fourth-order valence-electron chi connectivity index (χ4n) is 3.82. The molecule has 1 saturated heterocycles. The predicted molar refractivity (Wildman–Crippen MR) is 98.2 cm³/mol. The number of halogens is 1. The van der Waals surface area contributed by atoms with Crippen LogP contribution in [0.1, 0.15) is 31.7 Å². The van der Waals surface area contributed by atoms with E-state index in [1.54, 1.807) is 12.1 Å². The van der Waals surface area contributed by atoms with Gasteiger partial charge in [-0.1, -0.05) is 18.2 Å². The Bertz CT molecular complexity index is 654. The van der Waals surface area contributed by atoms with E-state index in [9.17, 15) is 14.0 Å². The van der Waals surface area contributed by atoms with Gasteiger partial charge in [0, 0.05) is 45.2 Å². The van der Waals surface area contributed by atoms with E-state index in [1.807, 2.05) is 29.7 Å². The second-order valence-electron chi connectivity index (χ2n) is 7.14. The first kappa shape index (κ1) is 18.8. The standard InChI is InChI=1S/C20H28FN3O2/c1-3-23(4-2)19(25)14-22-9-11-24(12-10-22)20(26)17-13-16(17)15-7-5-6-8-18(15)21/h5-8,16-17H,3-4,9-14H2,1-2H3. The first-order valence-corrected chi connectivity index (χ1v) is 9.58. The highest BCUT2D eigenvalue weighted by Crippen LogP contribution is 2.49. The predicted octanol–water partition coefficient (Wildman–Crippen LogP) is 1.94. The number of amides is 2. The summed E-state index contributed by atoms with van der Waals surface area (Å²) in [6.07, 6.45) is 0.737. The highest BCUT2D eigenvalue weighted by Gasteiger charge is 2.47. The molecule has 0 spiro atoms. The summed E-state index contributed by atoms with van der Waals surface area (Å²) < 4.78 is 13.9. The Hall–Kier alpha value is -1.95. The molecule has 2 atom stereocenters. The van der Waals surface area contributed by atoms with Crippen molar-refractivity contribution in [2.75, 3.05) is 45.8 Å². The van der Waals surface area contributed by atoms with E-state index in [0.29, 0.717) is 25.2 Å². The summed E-state index contributed by atoms with van der Waals surface area (Å²) in [5.74, 6) is -0.00109. The zero-order valence-electron chi connectivity index (χ0n) is 15.7. The number of hydrogen-bond donors (Lipinski definition) is 0. The number of carbonyl (C=O) groups is 2. The summed E-state index contributed by atoms with van der Waals surface area (Å²) in [5.41, 5.74) is 0.661. The summed E-state index contributed by atoms with van der Waals surface area (Å²) in [4.78, 5) is 30.7. The lowest BCUT2D eigenvalue weighted by molar-refractivity contribution is -0.136. The first-order valence-electron chi connectivity index (χ1n) is 9.58. The van der Waals surface area contributed by atoms with Gasteiger partial charge in [-0.05, 0) is 37.8 Å². The number of hydrogen-bond acceptors (Lipinski definition) is 3. The van der Waals surface area contributed by atoms with Crippen LogP contribution in [0.4, 0.5) is 4.39 Å². The van der Waals surface area contributed by atoms with Crippen LogP contribution in [0.3, 0.4) is 0 Å². The molecule has 2 amide bonds. The minimum atomic E-state index is -0.215. The van der Waals surface area contributed by atoms with E-state index in [-0.39, 0.29) is 29.5 Å². The Labute approximate surface area is 154 Å². The van der Waals surface area contributed by atoms with E-state index in [1.165, 1.54) is 6.07 Å². The van der Waals surface area contributed by atoms with E-state index >= 15 is 0 Å². The van der Waals surface area contributed by atoms with Crippen LogP contribution < -0.4 is 0 Å². The summed E-state index contributed by atoms with van der Waals surface area (Å²) >= 11 is 0. The van der Waals surface area contributed by atoms with Gasteiger partial charge >= 0.3 is 0 Å². The molecule has 1 aromatic rings. The molecule has 6 heteroatoms. The zero-order valence-corrected chi connectivity index (χ0v) is 15.7. The molecule has 1 aromatic carbocycles. The molecule has 5 nitrogen and oxygen atoms in total. The van der Waals surface area contributed by atoms with Crippen LogP contribution in [0.15, 0.2) is 24.3 Å². The molecule has 0 N–H and O–H groups in total. The van der Waals surface area contributed by atoms with Crippen LogP contribution in [0.2, 0.25) is 0 Å². The average Bonchev–Trinajstić information content (AvgIpc) is 3.44. The number of benzene rings is 1. The van der Waals surface area contributed by atoms with E-state index < -0.39 is 0 Å². The van der Waals surface area contributed by atoms with Gasteiger partial charge in [0.15, 0.2) is 0 Å². The topological polar surface area (TPSA) is 43.9 Å². The lowest BCUT2D eigenvalue weighted by Crippen LogP contribution is -2.52. The normalized spacial score (nSPS) is 23.0. The minimum absolute atomic E-state index is 0.0194. The van der Waals surface area contributed by atoms with Crippen LogP contribution in [0, 0.1) is 11.7 Å². The monoisotopic (exact) mass is 361 g/mol. The number of nitrogens with zero attached hydrogens (tertiary/aromatic N) is 3. The third-order valence-electron chi connectivity index (χ3n) is 5.57. The Morgan fingerprint density at radius 1 is 1.12 bits per heavy atom. The Morgan fingerprint density at radius 3 is 2.38 bits per heavy atom. The molecule has 2 fully saturated rings. The van der Waals surface area contributed by atoms with Crippen molar-refractivity contribution < 1.29 is 14.0 Å². The summed E-state index contributed by atoms with van der Waals surface area (Å²) in [6.45, 7) is 8.57. The molecular weight excluding hydrogens is 333 g/mol. The highest BCUT2D eigenvalue weighted by molar-refractivity contribution is 5.83. The molecule has 0 bridgehead atoms. The zero-order chi connectivity index (χ0) is 18.7. The van der Waals surface area contributed by atoms with Crippen LogP contribution in [-0.2, 0) is 9.59 Å². The van der Waals surface area contributed by atoms with Crippen molar-refractivity contribution in [3.63, 3.8) is 0 Å². The lowest BCUT2D eigenvalue weighted by atomic mass is 10.1. The molecule has 0 radical (unpaired) electrons. The third kappa shape index (κ3) is 4.06. The molecule has 2 aliphatic rings. The van der Waals surface area contributed by atoms with Gasteiger partial charge in [0.2, 0.25) is 11.8 Å². The summed E-state index contributed by atoms with van der Waals surface area (Å²) in [6, 6.07) is 6.74. The molecule has 26 heavy (non-hydrogen) atoms. The van der Waals surface area contributed by atoms with Gasteiger partial charge in [0.1, 0.15) is 5.82 Å². The van der Waals surface area contributed by atoms with E-state index in [0.717, 1.165) is 32.6 Å². The molecule has 3 rings (SSSR count). The molecule has 1 aliphatic heterocycles. The molecule has 2 unspecified atom stereocenters. The van der Waals surface area contributed by atoms with E-state index in [4.69, 9.17) is 0 Å². The van der Waals surface area contributed by atoms with Crippen LogP contribution >= 0.6 is 0 Å². The smallest absolute Gasteiger partial charge is 0.236 e. The van der Waals surface area contributed by atoms with Crippen molar-refractivity contribution in [1.29, 1.82) is 0 Å². The molecule has 142 valence electrons. The van der Waals surface area contributed by atoms with Gasteiger partial charge in [0.05, 0.1) is 6.54 Å². The van der Waals surface area contributed by atoms with Gasteiger partial charge in [-0.3, -0.25) is 14.5 Å². The number of piperazine rings is 1.